The predicted octanol–water partition coefficient (Wildman–Crippen LogP) is 9.38. The molecule has 6 aromatic carbocycles. The summed E-state index contributed by atoms with van der Waals surface area (Å²) < 4.78 is 2.35. The quantitative estimate of drug-likeness (QED) is 0.187. The highest BCUT2D eigenvalue weighted by atomic mass is 28.3. The molecule has 218 valence electrons. The first-order chi connectivity index (χ1) is 22.6. The number of aromatic nitrogens is 3. The van der Waals surface area contributed by atoms with Crippen molar-refractivity contribution in [3.63, 3.8) is 0 Å². The summed E-state index contributed by atoms with van der Waals surface area (Å²) in [5.74, 6) is 0.765. The second-order valence-electron chi connectivity index (χ2n) is 12.7. The maximum absolute atomic E-state index is 5.43. The van der Waals surface area contributed by atoms with Gasteiger partial charge in [0.05, 0.1) is 22.4 Å². The van der Waals surface area contributed by atoms with Crippen molar-refractivity contribution < 1.29 is 0 Å². The van der Waals surface area contributed by atoms with E-state index >= 15 is 0 Å². The number of para-hydroxylation sites is 2. The third-order valence-electron chi connectivity index (χ3n) is 9.60. The van der Waals surface area contributed by atoms with Gasteiger partial charge in [-0.2, -0.15) is 0 Å². The van der Waals surface area contributed by atoms with Gasteiger partial charge in [0.1, 0.15) is 8.07 Å². The Bertz CT molecular complexity index is 2430. The lowest BCUT2D eigenvalue weighted by atomic mass is 10.0. The molecule has 2 aromatic heterocycles. The molecule has 4 heteroatoms. The molecule has 0 amide bonds. The van der Waals surface area contributed by atoms with E-state index in [1.165, 1.54) is 48.9 Å². The van der Waals surface area contributed by atoms with Gasteiger partial charge in [-0.05, 0) is 63.5 Å². The van der Waals surface area contributed by atoms with E-state index in [4.69, 9.17) is 9.97 Å². The number of hydrogen-bond acceptors (Lipinski definition) is 2. The number of rotatable bonds is 4. The van der Waals surface area contributed by atoms with Gasteiger partial charge in [-0.15, -0.1) is 0 Å². The Hall–Kier alpha value is -5.58. The van der Waals surface area contributed by atoms with Crippen molar-refractivity contribution in [2.75, 3.05) is 0 Å². The average Bonchev–Trinajstić information content (AvgIpc) is 3.57. The van der Waals surface area contributed by atoms with E-state index in [-0.39, 0.29) is 0 Å². The second-order valence-corrected chi connectivity index (χ2v) is 16.9. The van der Waals surface area contributed by atoms with Crippen LogP contribution in [0, 0.1) is 0 Å². The molecule has 0 unspecified atom stereocenters. The van der Waals surface area contributed by atoms with Crippen LogP contribution in [0.2, 0.25) is 13.1 Å². The monoisotopic (exact) mass is 605 g/mol. The van der Waals surface area contributed by atoms with E-state index in [0.717, 1.165) is 34.0 Å². The van der Waals surface area contributed by atoms with Gasteiger partial charge in [0.15, 0.2) is 5.82 Å². The highest BCUT2D eigenvalue weighted by Gasteiger charge is 2.41. The summed E-state index contributed by atoms with van der Waals surface area (Å²) in [6.07, 6.45) is 0. The molecule has 0 saturated carbocycles. The molecule has 0 atom stereocenters. The largest absolute Gasteiger partial charge is 0.309 e. The molecule has 8 aromatic rings. The van der Waals surface area contributed by atoms with E-state index in [1.807, 2.05) is 0 Å². The molecule has 0 N–H and O–H groups in total. The Kier molecular flexibility index (Phi) is 5.96. The first-order valence-electron chi connectivity index (χ1n) is 15.9. The number of benzene rings is 6. The molecule has 1 aliphatic rings. The van der Waals surface area contributed by atoms with Crippen LogP contribution >= 0.6 is 0 Å². The van der Waals surface area contributed by atoms with Crippen LogP contribution in [0.5, 0.6) is 0 Å². The fraction of sp³-hybridized carbons (Fsp3) is 0.0476. The molecular formula is C42H31N3Si. The summed E-state index contributed by atoms with van der Waals surface area (Å²) in [6, 6.07) is 54.3. The number of fused-ring (bicyclic) bond motifs is 6. The molecule has 3 heterocycles. The lowest BCUT2D eigenvalue weighted by Gasteiger charge is -2.21. The van der Waals surface area contributed by atoms with E-state index in [0.29, 0.717) is 0 Å². The van der Waals surface area contributed by atoms with Gasteiger partial charge in [0.2, 0.25) is 0 Å². The summed E-state index contributed by atoms with van der Waals surface area (Å²) in [4.78, 5) is 10.8. The van der Waals surface area contributed by atoms with Crippen molar-refractivity contribution in [1.82, 2.24) is 14.5 Å². The van der Waals surface area contributed by atoms with Gasteiger partial charge in [-0.25, -0.2) is 9.97 Å². The molecule has 0 bridgehead atoms. The van der Waals surface area contributed by atoms with Gasteiger partial charge in [-0.1, -0.05) is 128 Å². The van der Waals surface area contributed by atoms with Crippen LogP contribution < -0.4 is 10.4 Å². The van der Waals surface area contributed by atoms with Crippen LogP contribution in [0.4, 0.5) is 0 Å². The standard InChI is InChI=1S/C42H31N3Si/c1-46(2)38-20-12-10-18-34(38)40-41(46)39(30-23-21-29(22-24-30)28-13-5-3-6-14-28)43-42(44-40)31-25-26-37-35(27-31)33-17-9-11-19-36(33)45(37)32-15-7-4-8-16-32/h3-27H,1-2H3. The Morgan fingerprint density at radius 3 is 1.87 bits per heavy atom. The molecule has 0 radical (unpaired) electrons. The maximum atomic E-state index is 5.43. The minimum atomic E-state index is -2.05. The molecule has 0 saturated heterocycles. The summed E-state index contributed by atoms with van der Waals surface area (Å²) in [5, 5.41) is 5.18. The summed E-state index contributed by atoms with van der Waals surface area (Å²) in [5.41, 5.74) is 11.5. The Morgan fingerprint density at radius 1 is 0.478 bits per heavy atom. The van der Waals surface area contributed by atoms with E-state index in [1.54, 1.807) is 0 Å². The fourth-order valence-corrected chi connectivity index (χ4v) is 10.6. The summed E-state index contributed by atoms with van der Waals surface area (Å²) in [6.45, 7) is 4.88. The highest BCUT2D eigenvalue weighted by molar-refractivity contribution is 7.04. The van der Waals surface area contributed by atoms with Crippen molar-refractivity contribution in [2.24, 2.45) is 0 Å². The lowest BCUT2D eigenvalue weighted by molar-refractivity contribution is 1.18. The minimum absolute atomic E-state index is 0.765. The average molecular weight is 606 g/mol. The van der Waals surface area contributed by atoms with Gasteiger partial charge in [0, 0.05) is 27.6 Å². The lowest BCUT2D eigenvalue weighted by Crippen LogP contribution is -2.50. The van der Waals surface area contributed by atoms with Crippen molar-refractivity contribution in [1.29, 1.82) is 0 Å². The minimum Gasteiger partial charge on any atom is -0.309 e. The molecule has 3 nitrogen and oxygen atoms in total. The van der Waals surface area contributed by atoms with Crippen LogP contribution in [0.3, 0.4) is 0 Å². The van der Waals surface area contributed by atoms with Crippen LogP contribution in [0.15, 0.2) is 152 Å². The normalized spacial score (nSPS) is 13.2. The molecule has 46 heavy (non-hydrogen) atoms. The van der Waals surface area contributed by atoms with Gasteiger partial charge < -0.3 is 4.57 Å². The third-order valence-corrected chi connectivity index (χ3v) is 13.1. The zero-order chi connectivity index (χ0) is 30.8. The zero-order valence-corrected chi connectivity index (χ0v) is 26.8. The highest BCUT2D eigenvalue weighted by Crippen LogP contribution is 2.37. The zero-order valence-electron chi connectivity index (χ0n) is 25.8. The van der Waals surface area contributed by atoms with Crippen molar-refractivity contribution in [3.8, 4) is 50.7 Å². The van der Waals surface area contributed by atoms with Crippen LogP contribution in [0.1, 0.15) is 0 Å². The first-order valence-corrected chi connectivity index (χ1v) is 18.9. The van der Waals surface area contributed by atoms with Crippen LogP contribution in [-0.4, -0.2) is 22.6 Å². The molecule has 9 rings (SSSR count). The van der Waals surface area contributed by atoms with Crippen LogP contribution in [0.25, 0.3) is 72.5 Å². The number of nitrogens with zero attached hydrogens (tertiary/aromatic N) is 3. The Balaban J connectivity index is 1.27. The topological polar surface area (TPSA) is 30.7 Å². The smallest absolute Gasteiger partial charge is 0.160 e. The van der Waals surface area contributed by atoms with E-state index in [2.05, 4.69) is 169 Å². The second kappa shape index (κ2) is 10.2. The fourth-order valence-electron chi connectivity index (χ4n) is 7.37. The van der Waals surface area contributed by atoms with Crippen molar-refractivity contribution in [2.45, 2.75) is 13.1 Å². The van der Waals surface area contributed by atoms with Crippen molar-refractivity contribution in [3.05, 3.63) is 152 Å². The summed E-state index contributed by atoms with van der Waals surface area (Å²) >= 11 is 0. The third kappa shape index (κ3) is 4.04. The predicted molar refractivity (Wildman–Crippen MR) is 195 cm³/mol. The SMILES string of the molecule is C[Si]1(C)c2ccccc2-c2nc(-c3ccc4c(c3)c3ccccc3n4-c3ccccc3)nc(-c3ccc(-c4ccccc4)cc3)c21. The molecule has 0 spiro atoms. The Labute approximate surface area is 269 Å². The first kappa shape index (κ1) is 26.8. The van der Waals surface area contributed by atoms with Crippen molar-refractivity contribution >= 4 is 40.3 Å². The van der Waals surface area contributed by atoms with Gasteiger partial charge in [0.25, 0.3) is 0 Å². The summed E-state index contributed by atoms with van der Waals surface area (Å²) in [7, 11) is -2.05. The van der Waals surface area contributed by atoms with Gasteiger partial charge >= 0.3 is 0 Å². The van der Waals surface area contributed by atoms with Crippen LogP contribution in [-0.2, 0) is 0 Å². The molecule has 1 aliphatic heterocycles. The maximum Gasteiger partial charge on any atom is 0.160 e. The van der Waals surface area contributed by atoms with E-state index in [9.17, 15) is 0 Å². The Morgan fingerprint density at radius 2 is 1.07 bits per heavy atom. The molecule has 0 aliphatic carbocycles. The van der Waals surface area contributed by atoms with E-state index < -0.39 is 8.07 Å². The molecular weight excluding hydrogens is 575 g/mol. The van der Waals surface area contributed by atoms with Gasteiger partial charge in [-0.3, -0.25) is 0 Å². The molecule has 0 fully saturated rings. The number of hydrogen-bond donors (Lipinski definition) is 0.